The molecule has 0 aliphatic carbocycles. The summed E-state index contributed by atoms with van der Waals surface area (Å²) < 4.78 is 5.57. The van der Waals surface area contributed by atoms with E-state index in [4.69, 9.17) is 4.74 Å². The van der Waals surface area contributed by atoms with Gasteiger partial charge in [-0.25, -0.2) is 4.79 Å². The van der Waals surface area contributed by atoms with Crippen LogP contribution in [0.2, 0.25) is 0 Å². The molecule has 0 fully saturated rings. The first-order valence-corrected chi connectivity index (χ1v) is 8.63. The van der Waals surface area contributed by atoms with Crippen molar-refractivity contribution in [3.05, 3.63) is 65.7 Å². The van der Waals surface area contributed by atoms with Crippen molar-refractivity contribution in [3.63, 3.8) is 0 Å². The van der Waals surface area contributed by atoms with Gasteiger partial charge in [0.1, 0.15) is 5.75 Å². The monoisotopic (exact) mass is 340 g/mol. The Morgan fingerprint density at radius 2 is 1.68 bits per heavy atom. The summed E-state index contributed by atoms with van der Waals surface area (Å²) in [5.74, 6) is 0.579. The molecule has 0 aliphatic rings. The molecule has 0 saturated carbocycles. The van der Waals surface area contributed by atoms with Crippen molar-refractivity contribution in [1.29, 1.82) is 0 Å². The van der Waals surface area contributed by atoms with Crippen LogP contribution >= 0.6 is 0 Å². The van der Waals surface area contributed by atoms with Crippen LogP contribution in [0.3, 0.4) is 0 Å². The Morgan fingerprint density at radius 1 is 1.00 bits per heavy atom. The molecule has 0 N–H and O–H groups in total. The number of rotatable bonds is 6. The van der Waals surface area contributed by atoms with Gasteiger partial charge < -0.3 is 14.5 Å². The molecule has 0 aliphatic heterocycles. The first-order valence-electron chi connectivity index (χ1n) is 8.63. The third-order valence-corrected chi connectivity index (χ3v) is 4.64. The highest BCUT2D eigenvalue weighted by Gasteiger charge is 2.18. The van der Waals surface area contributed by atoms with E-state index < -0.39 is 0 Å². The molecule has 2 atom stereocenters. The second kappa shape index (κ2) is 8.67. The van der Waals surface area contributed by atoms with Crippen LogP contribution in [0.4, 0.5) is 4.79 Å². The fourth-order valence-electron chi connectivity index (χ4n) is 2.58. The van der Waals surface area contributed by atoms with E-state index >= 15 is 0 Å². The fraction of sp³-hybridized carbons (Fsp3) is 0.381. The Balaban J connectivity index is 2.00. The summed E-state index contributed by atoms with van der Waals surface area (Å²) in [5, 5.41) is 0. The first-order chi connectivity index (χ1) is 11.9. The molecule has 0 bridgehead atoms. The molecular formula is C21H28N2O2. The molecule has 0 aromatic heterocycles. The maximum absolute atomic E-state index is 12.5. The van der Waals surface area contributed by atoms with Crippen molar-refractivity contribution < 1.29 is 9.53 Å². The Morgan fingerprint density at radius 3 is 2.32 bits per heavy atom. The van der Waals surface area contributed by atoms with Crippen LogP contribution in [0.1, 0.15) is 31.0 Å². The van der Waals surface area contributed by atoms with E-state index in [1.165, 1.54) is 5.56 Å². The van der Waals surface area contributed by atoms with E-state index in [0.717, 1.165) is 12.0 Å². The third-order valence-electron chi connectivity index (χ3n) is 4.64. The SMILES string of the molecule is C[C@@H](c1cccc(OC(=O)N(C)[C@@H](C)Cc2ccccc2)c1)N(C)C. The van der Waals surface area contributed by atoms with Crippen LogP contribution in [0.15, 0.2) is 54.6 Å². The predicted molar refractivity (Wildman–Crippen MR) is 102 cm³/mol. The summed E-state index contributed by atoms with van der Waals surface area (Å²) in [7, 11) is 5.84. The van der Waals surface area contributed by atoms with Crippen molar-refractivity contribution >= 4 is 6.09 Å². The van der Waals surface area contributed by atoms with Crippen molar-refractivity contribution in [2.75, 3.05) is 21.1 Å². The van der Waals surface area contributed by atoms with Gasteiger partial charge in [0, 0.05) is 19.1 Å². The minimum atomic E-state index is -0.335. The zero-order valence-corrected chi connectivity index (χ0v) is 15.8. The van der Waals surface area contributed by atoms with Gasteiger partial charge in [0.05, 0.1) is 0 Å². The molecule has 1 amide bonds. The Kier molecular flexibility index (Phi) is 6.59. The Labute approximate surface area is 151 Å². The van der Waals surface area contributed by atoms with E-state index in [0.29, 0.717) is 5.75 Å². The highest BCUT2D eigenvalue weighted by atomic mass is 16.6. The van der Waals surface area contributed by atoms with Crippen LogP contribution in [0, 0.1) is 0 Å². The number of amides is 1. The minimum absolute atomic E-state index is 0.0544. The molecule has 4 heteroatoms. The molecule has 2 aromatic carbocycles. The Hall–Kier alpha value is -2.33. The number of hydrogen-bond donors (Lipinski definition) is 0. The lowest BCUT2D eigenvalue weighted by Gasteiger charge is -2.25. The molecule has 0 saturated heterocycles. The van der Waals surface area contributed by atoms with Gasteiger partial charge in [-0.3, -0.25) is 0 Å². The van der Waals surface area contributed by atoms with Crippen molar-refractivity contribution in [3.8, 4) is 5.75 Å². The highest BCUT2D eigenvalue weighted by Crippen LogP contribution is 2.22. The predicted octanol–water partition coefficient (Wildman–Crippen LogP) is 4.37. The number of carbonyl (C=O) groups is 1. The molecule has 25 heavy (non-hydrogen) atoms. The van der Waals surface area contributed by atoms with Crippen LogP contribution in [0.5, 0.6) is 5.75 Å². The molecular weight excluding hydrogens is 312 g/mol. The van der Waals surface area contributed by atoms with E-state index in [2.05, 4.69) is 24.0 Å². The maximum atomic E-state index is 12.5. The summed E-state index contributed by atoms with van der Waals surface area (Å²) in [6.45, 7) is 4.15. The van der Waals surface area contributed by atoms with Gasteiger partial charge in [0.15, 0.2) is 0 Å². The van der Waals surface area contributed by atoms with Crippen molar-refractivity contribution in [1.82, 2.24) is 9.80 Å². The van der Waals surface area contributed by atoms with E-state index in [1.807, 2.05) is 63.5 Å². The van der Waals surface area contributed by atoms with E-state index in [1.54, 1.807) is 11.9 Å². The number of ether oxygens (including phenoxy) is 1. The average Bonchev–Trinajstić information content (AvgIpc) is 2.61. The lowest BCUT2D eigenvalue weighted by Crippen LogP contribution is -2.38. The van der Waals surface area contributed by atoms with Gasteiger partial charge in [-0.2, -0.15) is 0 Å². The van der Waals surface area contributed by atoms with Gasteiger partial charge >= 0.3 is 6.09 Å². The number of nitrogens with zero attached hydrogens (tertiary/aromatic N) is 2. The van der Waals surface area contributed by atoms with Crippen molar-refractivity contribution in [2.24, 2.45) is 0 Å². The van der Waals surface area contributed by atoms with E-state index in [-0.39, 0.29) is 18.2 Å². The highest BCUT2D eigenvalue weighted by molar-refractivity contribution is 5.70. The molecule has 2 aromatic rings. The number of benzene rings is 2. The van der Waals surface area contributed by atoms with Gasteiger partial charge in [-0.05, 0) is 57.6 Å². The van der Waals surface area contributed by atoms with Crippen molar-refractivity contribution in [2.45, 2.75) is 32.4 Å². The number of carbonyl (C=O) groups excluding carboxylic acids is 1. The molecule has 0 spiro atoms. The van der Waals surface area contributed by atoms with Gasteiger partial charge in [-0.1, -0.05) is 42.5 Å². The standard InChI is InChI=1S/C21H28N2O2/c1-16(14-18-10-7-6-8-11-18)23(5)21(24)25-20-13-9-12-19(15-20)17(2)22(3)4/h6-13,15-17H,14H2,1-5H3/t16-,17-/m0/s1. The van der Waals surface area contributed by atoms with Crippen LogP contribution in [-0.4, -0.2) is 43.1 Å². The summed E-state index contributed by atoms with van der Waals surface area (Å²) >= 11 is 0. The summed E-state index contributed by atoms with van der Waals surface area (Å²) in [4.78, 5) is 16.2. The number of likely N-dealkylation sites (N-methyl/N-ethyl adjacent to an activating group) is 1. The second-order valence-electron chi connectivity index (χ2n) is 6.73. The molecule has 4 nitrogen and oxygen atoms in total. The zero-order chi connectivity index (χ0) is 18.4. The van der Waals surface area contributed by atoms with Gasteiger partial charge in [0.25, 0.3) is 0 Å². The summed E-state index contributed by atoms with van der Waals surface area (Å²) in [6, 6.07) is 18.2. The third kappa shape index (κ3) is 5.33. The summed E-state index contributed by atoms with van der Waals surface area (Å²) in [6.07, 6.45) is 0.461. The first kappa shape index (κ1) is 19.0. The van der Waals surface area contributed by atoms with E-state index in [9.17, 15) is 4.79 Å². The summed E-state index contributed by atoms with van der Waals surface area (Å²) in [5.41, 5.74) is 2.33. The largest absolute Gasteiger partial charge is 0.415 e. The molecule has 0 unspecified atom stereocenters. The fourth-order valence-corrected chi connectivity index (χ4v) is 2.58. The zero-order valence-electron chi connectivity index (χ0n) is 15.8. The Bertz CT molecular complexity index is 685. The van der Waals surface area contributed by atoms with Crippen LogP contribution in [0.25, 0.3) is 0 Å². The smallest absolute Gasteiger partial charge is 0.410 e. The average molecular weight is 340 g/mol. The quantitative estimate of drug-likeness (QED) is 0.783. The minimum Gasteiger partial charge on any atom is -0.410 e. The van der Waals surface area contributed by atoms with Gasteiger partial charge in [-0.15, -0.1) is 0 Å². The van der Waals surface area contributed by atoms with Gasteiger partial charge in [0.2, 0.25) is 0 Å². The molecule has 0 heterocycles. The topological polar surface area (TPSA) is 32.8 Å². The second-order valence-corrected chi connectivity index (χ2v) is 6.73. The maximum Gasteiger partial charge on any atom is 0.415 e. The van der Waals surface area contributed by atoms with Crippen LogP contribution in [-0.2, 0) is 6.42 Å². The molecule has 134 valence electrons. The lowest BCUT2D eigenvalue weighted by molar-refractivity contribution is 0.148. The molecule has 2 rings (SSSR count). The normalized spacial score (nSPS) is 13.4. The van der Waals surface area contributed by atoms with Crippen LogP contribution < -0.4 is 4.74 Å². The lowest BCUT2D eigenvalue weighted by atomic mass is 10.1. The number of hydrogen-bond acceptors (Lipinski definition) is 3. The molecule has 0 radical (unpaired) electrons.